The molecule has 0 saturated heterocycles. The molecule has 1 amide bonds. The van der Waals surface area contributed by atoms with Crippen LogP contribution in [-0.4, -0.2) is 28.0 Å². The third-order valence-corrected chi connectivity index (χ3v) is 3.36. The molecule has 20 heavy (non-hydrogen) atoms. The third kappa shape index (κ3) is 4.19. The second-order valence-corrected chi connectivity index (χ2v) is 4.89. The maximum absolute atomic E-state index is 12.6. The molecule has 112 valence electrons. The summed E-state index contributed by atoms with van der Waals surface area (Å²) in [5.74, 6) is -2.40. The Labute approximate surface area is 116 Å². The molecule has 0 aliphatic heterocycles. The Morgan fingerprint density at radius 2 is 2.15 bits per heavy atom. The van der Waals surface area contributed by atoms with E-state index in [0.717, 1.165) is 5.51 Å². The lowest BCUT2D eigenvalue weighted by atomic mass is 10.1. The van der Waals surface area contributed by atoms with Crippen molar-refractivity contribution in [3.8, 4) is 0 Å². The van der Waals surface area contributed by atoms with Gasteiger partial charge in [0, 0.05) is 0 Å². The van der Waals surface area contributed by atoms with Crippen LogP contribution in [-0.2, 0) is 11.0 Å². The van der Waals surface area contributed by atoms with Crippen molar-refractivity contribution >= 4 is 23.2 Å². The number of halogens is 3. The molecule has 1 aromatic heterocycles. The summed E-state index contributed by atoms with van der Waals surface area (Å²) in [6.07, 6.45) is -3.27. The number of carboxylic acids is 1. The number of carbonyl (C=O) groups excluding carboxylic acids is 1. The zero-order valence-electron chi connectivity index (χ0n) is 10.5. The molecule has 1 heterocycles. The topological polar surface area (TPSA) is 79.3 Å². The van der Waals surface area contributed by atoms with Crippen LogP contribution >= 0.6 is 11.3 Å². The van der Waals surface area contributed by atoms with E-state index in [1.54, 1.807) is 0 Å². The fraction of sp³-hybridized carbons (Fsp3) is 0.545. The number of rotatable bonds is 6. The second-order valence-electron chi connectivity index (χ2n) is 4.03. The van der Waals surface area contributed by atoms with E-state index in [-0.39, 0.29) is 6.42 Å². The van der Waals surface area contributed by atoms with Gasteiger partial charge < -0.3 is 10.4 Å². The molecule has 0 saturated carbocycles. The van der Waals surface area contributed by atoms with Gasteiger partial charge in [0.2, 0.25) is 0 Å². The van der Waals surface area contributed by atoms with Crippen LogP contribution in [0.4, 0.5) is 13.2 Å². The Balaban J connectivity index is 2.85. The number of hydrogen-bond acceptors (Lipinski definition) is 4. The van der Waals surface area contributed by atoms with Crippen molar-refractivity contribution in [1.29, 1.82) is 0 Å². The number of nitrogens with zero attached hydrogens (tertiary/aromatic N) is 1. The summed E-state index contributed by atoms with van der Waals surface area (Å²) < 4.78 is 37.8. The number of carboxylic acid groups (broad SMARTS) is 1. The Morgan fingerprint density at radius 3 is 2.65 bits per heavy atom. The van der Waals surface area contributed by atoms with Crippen LogP contribution in [0.5, 0.6) is 0 Å². The van der Waals surface area contributed by atoms with Gasteiger partial charge in [-0.05, 0) is 6.42 Å². The molecule has 0 radical (unpaired) electrons. The molecule has 0 unspecified atom stereocenters. The molecular formula is C11H13F3N2O3S. The molecule has 5 nitrogen and oxygen atoms in total. The normalized spacial score (nSPS) is 13.0. The molecule has 1 atom stereocenters. The number of alkyl halides is 3. The first-order valence-electron chi connectivity index (χ1n) is 5.81. The number of thiazole rings is 1. The zero-order chi connectivity index (χ0) is 15.3. The third-order valence-electron chi connectivity index (χ3n) is 2.49. The molecule has 0 bridgehead atoms. The number of nitrogens with one attached hydrogen (secondary N) is 1. The van der Waals surface area contributed by atoms with Crippen molar-refractivity contribution in [2.24, 2.45) is 0 Å². The highest BCUT2D eigenvalue weighted by molar-refractivity contribution is 7.10. The molecule has 0 aliphatic carbocycles. The molecule has 0 aliphatic rings. The van der Waals surface area contributed by atoms with Gasteiger partial charge >= 0.3 is 12.1 Å². The summed E-state index contributed by atoms with van der Waals surface area (Å²) in [5.41, 5.74) is 0.116. The molecule has 0 aromatic carbocycles. The van der Waals surface area contributed by atoms with Crippen molar-refractivity contribution in [3.63, 3.8) is 0 Å². The summed E-state index contributed by atoms with van der Waals surface area (Å²) in [6.45, 7) is 1.84. The maximum atomic E-state index is 12.6. The molecule has 9 heteroatoms. The quantitative estimate of drug-likeness (QED) is 0.846. The van der Waals surface area contributed by atoms with Crippen LogP contribution < -0.4 is 5.32 Å². The Morgan fingerprint density at radius 1 is 1.50 bits per heavy atom. The minimum atomic E-state index is -4.68. The zero-order valence-corrected chi connectivity index (χ0v) is 11.3. The van der Waals surface area contributed by atoms with Gasteiger partial charge in [0.15, 0.2) is 5.69 Å². The first-order chi connectivity index (χ1) is 9.27. The number of amides is 1. The summed E-state index contributed by atoms with van der Waals surface area (Å²) in [4.78, 5) is 24.9. The van der Waals surface area contributed by atoms with Crippen molar-refractivity contribution in [2.45, 2.75) is 38.4 Å². The molecule has 1 rings (SSSR count). The minimum absolute atomic E-state index is 0.156. The lowest BCUT2D eigenvalue weighted by molar-refractivity contribution is -0.139. The van der Waals surface area contributed by atoms with E-state index in [4.69, 9.17) is 5.11 Å². The highest BCUT2D eigenvalue weighted by atomic mass is 32.1. The Hall–Kier alpha value is -1.64. The van der Waals surface area contributed by atoms with Crippen LogP contribution in [0.15, 0.2) is 5.51 Å². The van der Waals surface area contributed by atoms with Crippen molar-refractivity contribution in [2.75, 3.05) is 0 Å². The van der Waals surface area contributed by atoms with E-state index < -0.39 is 34.7 Å². The van der Waals surface area contributed by atoms with Gasteiger partial charge in [0.05, 0.1) is 5.51 Å². The first kappa shape index (κ1) is 16.4. The summed E-state index contributed by atoms with van der Waals surface area (Å²) in [7, 11) is 0. The summed E-state index contributed by atoms with van der Waals surface area (Å²) >= 11 is 0.294. The van der Waals surface area contributed by atoms with Crippen molar-refractivity contribution in [3.05, 3.63) is 16.1 Å². The van der Waals surface area contributed by atoms with Gasteiger partial charge in [-0.2, -0.15) is 13.2 Å². The van der Waals surface area contributed by atoms with E-state index in [2.05, 4.69) is 10.3 Å². The molecule has 0 spiro atoms. The standard InChI is InChI=1S/C11H13F3N2O3S/c1-2-3-4-6(10(18)19)16-9(17)7-8(11(12,13)14)20-5-15-7/h5-6H,2-4H2,1H3,(H,16,17)(H,18,19)/t6-/m0/s1. The number of hydrogen-bond donors (Lipinski definition) is 2. The summed E-state index contributed by atoms with van der Waals surface area (Å²) in [5, 5.41) is 11.0. The lowest BCUT2D eigenvalue weighted by Crippen LogP contribution is -2.41. The molecule has 0 fully saturated rings. The van der Waals surface area contributed by atoms with Crippen LogP contribution in [0, 0.1) is 0 Å². The largest absolute Gasteiger partial charge is 0.480 e. The van der Waals surface area contributed by atoms with Crippen LogP contribution in [0.2, 0.25) is 0 Å². The number of unbranched alkanes of at least 4 members (excludes halogenated alkanes) is 1. The monoisotopic (exact) mass is 310 g/mol. The number of aromatic nitrogens is 1. The SMILES string of the molecule is CCCC[C@H](NC(=O)c1ncsc1C(F)(F)F)C(=O)O. The van der Waals surface area contributed by atoms with Crippen molar-refractivity contribution < 1.29 is 27.9 Å². The van der Waals surface area contributed by atoms with Gasteiger partial charge in [-0.25, -0.2) is 9.78 Å². The average molecular weight is 310 g/mol. The highest BCUT2D eigenvalue weighted by Crippen LogP contribution is 2.34. The van der Waals surface area contributed by atoms with Gasteiger partial charge in [-0.1, -0.05) is 19.8 Å². The average Bonchev–Trinajstić information content (AvgIpc) is 2.82. The molecule has 2 N–H and O–H groups in total. The van der Waals surface area contributed by atoms with E-state index >= 15 is 0 Å². The highest BCUT2D eigenvalue weighted by Gasteiger charge is 2.38. The fourth-order valence-corrected chi connectivity index (χ4v) is 2.16. The predicted octanol–water partition coefficient (Wildman–Crippen LogP) is 2.54. The van der Waals surface area contributed by atoms with Gasteiger partial charge in [0.1, 0.15) is 10.9 Å². The van der Waals surface area contributed by atoms with Gasteiger partial charge in [-0.15, -0.1) is 11.3 Å². The van der Waals surface area contributed by atoms with Gasteiger partial charge in [-0.3, -0.25) is 4.79 Å². The van der Waals surface area contributed by atoms with Crippen LogP contribution in [0.3, 0.4) is 0 Å². The van der Waals surface area contributed by atoms with E-state index in [9.17, 15) is 22.8 Å². The van der Waals surface area contributed by atoms with Gasteiger partial charge in [0.25, 0.3) is 5.91 Å². The number of carbonyl (C=O) groups is 2. The lowest BCUT2D eigenvalue weighted by Gasteiger charge is -2.14. The first-order valence-corrected chi connectivity index (χ1v) is 6.69. The Kier molecular flexibility index (Phi) is 5.49. The van der Waals surface area contributed by atoms with Crippen LogP contribution in [0.1, 0.15) is 41.6 Å². The Bertz CT molecular complexity index is 488. The van der Waals surface area contributed by atoms with E-state index in [1.807, 2.05) is 6.92 Å². The predicted molar refractivity (Wildman–Crippen MR) is 65.5 cm³/mol. The smallest absolute Gasteiger partial charge is 0.427 e. The number of aliphatic carboxylic acids is 1. The van der Waals surface area contributed by atoms with Crippen molar-refractivity contribution in [1.82, 2.24) is 10.3 Å². The van der Waals surface area contributed by atoms with Crippen LogP contribution in [0.25, 0.3) is 0 Å². The van der Waals surface area contributed by atoms with E-state index in [1.165, 1.54) is 0 Å². The maximum Gasteiger partial charge on any atom is 0.427 e. The molecule has 1 aromatic rings. The molecular weight excluding hydrogens is 297 g/mol. The van der Waals surface area contributed by atoms with E-state index in [0.29, 0.717) is 24.2 Å². The minimum Gasteiger partial charge on any atom is -0.480 e. The summed E-state index contributed by atoms with van der Waals surface area (Å²) in [6, 6.07) is -1.22. The second kappa shape index (κ2) is 6.69. The fourth-order valence-electron chi connectivity index (χ4n) is 1.50.